The largest absolute Gasteiger partial charge is 0.370 e. The van der Waals surface area contributed by atoms with Gasteiger partial charge in [0.25, 0.3) is 0 Å². The Hall–Kier alpha value is -0.990. The van der Waals surface area contributed by atoms with Crippen LogP contribution in [0.25, 0.3) is 0 Å². The Kier molecular flexibility index (Phi) is 3.75. The van der Waals surface area contributed by atoms with E-state index >= 15 is 0 Å². The van der Waals surface area contributed by atoms with Crippen molar-refractivity contribution in [2.75, 3.05) is 13.1 Å². The number of nitrogens with two attached hydrogens (primary N) is 1. The molecule has 0 spiro atoms. The van der Waals surface area contributed by atoms with E-state index in [2.05, 4.69) is 36.7 Å². The van der Waals surface area contributed by atoms with Crippen molar-refractivity contribution in [3.63, 3.8) is 0 Å². The summed E-state index contributed by atoms with van der Waals surface area (Å²) in [5.41, 5.74) is 7.53. The molecule has 1 heterocycles. The molecule has 0 aromatic carbocycles. The number of aliphatic imine (C=N–C) groups is 1. The lowest BCUT2D eigenvalue weighted by molar-refractivity contribution is 0.218. The van der Waals surface area contributed by atoms with Crippen LogP contribution in [-0.2, 0) is 0 Å². The lowest BCUT2D eigenvalue weighted by Gasteiger charge is -2.36. The van der Waals surface area contributed by atoms with Gasteiger partial charge in [0, 0.05) is 6.54 Å². The minimum Gasteiger partial charge on any atom is -0.370 e. The van der Waals surface area contributed by atoms with Crippen molar-refractivity contribution < 1.29 is 0 Å². The monoisotopic (exact) mass is 235 g/mol. The molecule has 1 aliphatic heterocycles. The van der Waals surface area contributed by atoms with Crippen LogP contribution in [0, 0.1) is 11.8 Å². The average Bonchev–Trinajstić information content (AvgIpc) is 2.60. The van der Waals surface area contributed by atoms with Crippen LogP contribution < -0.4 is 5.73 Å². The molecule has 96 valence electrons. The van der Waals surface area contributed by atoms with Crippen LogP contribution in [0.2, 0.25) is 0 Å². The van der Waals surface area contributed by atoms with Gasteiger partial charge in [-0.15, -0.1) is 0 Å². The number of hydrogen-bond acceptors (Lipinski definition) is 3. The molecule has 0 aromatic heterocycles. The van der Waals surface area contributed by atoms with Gasteiger partial charge in [0.2, 0.25) is 0 Å². The third kappa shape index (κ3) is 2.64. The number of guanidine groups is 1. The maximum Gasteiger partial charge on any atom is 0.191 e. The van der Waals surface area contributed by atoms with Gasteiger partial charge in [-0.25, -0.2) is 0 Å². The highest BCUT2D eigenvalue weighted by Gasteiger charge is 2.34. The van der Waals surface area contributed by atoms with Gasteiger partial charge in [-0.05, 0) is 38.0 Å². The van der Waals surface area contributed by atoms with E-state index in [9.17, 15) is 0 Å². The lowest BCUT2D eigenvalue weighted by Crippen LogP contribution is -2.45. The highest BCUT2D eigenvalue weighted by Crippen LogP contribution is 2.33. The SMILES string of the molecule is CCCN1C(N)=NCC1C1CC(C)=CC(C)C1. The first-order valence-electron chi connectivity index (χ1n) is 6.85. The van der Waals surface area contributed by atoms with Gasteiger partial charge in [-0.2, -0.15) is 0 Å². The molecule has 1 aliphatic carbocycles. The van der Waals surface area contributed by atoms with Gasteiger partial charge in [0.1, 0.15) is 0 Å². The molecule has 0 amide bonds. The summed E-state index contributed by atoms with van der Waals surface area (Å²) in [4.78, 5) is 6.77. The Labute approximate surface area is 105 Å². The molecule has 3 nitrogen and oxygen atoms in total. The molecule has 0 radical (unpaired) electrons. The van der Waals surface area contributed by atoms with Crippen LogP contribution in [0.4, 0.5) is 0 Å². The number of allylic oxidation sites excluding steroid dienone is 2. The van der Waals surface area contributed by atoms with E-state index in [-0.39, 0.29) is 0 Å². The molecule has 0 saturated heterocycles. The van der Waals surface area contributed by atoms with Gasteiger partial charge in [-0.3, -0.25) is 4.99 Å². The normalized spacial score (nSPS) is 33.6. The third-order valence-corrected chi connectivity index (χ3v) is 3.97. The van der Waals surface area contributed by atoms with E-state index in [0.717, 1.165) is 31.4 Å². The van der Waals surface area contributed by atoms with Crippen molar-refractivity contribution in [2.45, 2.75) is 46.1 Å². The second-order valence-electron chi connectivity index (χ2n) is 5.65. The molecular weight excluding hydrogens is 210 g/mol. The van der Waals surface area contributed by atoms with Gasteiger partial charge in [-0.1, -0.05) is 25.5 Å². The molecule has 2 N–H and O–H groups in total. The summed E-state index contributed by atoms with van der Waals surface area (Å²) in [5.74, 6) is 2.20. The fourth-order valence-electron chi connectivity index (χ4n) is 3.36. The zero-order chi connectivity index (χ0) is 12.4. The second-order valence-corrected chi connectivity index (χ2v) is 5.65. The lowest BCUT2D eigenvalue weighted by atomic mass is 9.79. The first-order valence-corrected chi connectivity index (χ1v) is 6.85. The third-order valence-electron chi connectivity index (χ3n) is 3.97. The molecule has 0 saturated carbocycles. The zero-order valence-corrected chi connectivity index (χ0v) is 11.3. The summed E-state index contributed by atoms with van der Waals surface area (Å²) in [6.45, 7) is 8.73. The highest BCUT2D eigenvalue weighted by atomic mass is 15.3. The first-order chi connectivity index (χ1) is 8.11. The Morgan fingerprint density at radius 2 is 2.29 bits per heavy atom. The minimum atomic E-state index is 0.543. The smallest absolute Gasteiger partial charge is 0.191 e. The van der Waals surface area contributed by atoms with Crippen molar-refractivity contribution in [3.8, 4) is 0 Å². The van der Waals surface area contributed by atoms with Crippen LogP contribution >= 0.6 is 0 Å². The second kappa shape index (κ2) is 5.11. The predicted octanol–water partition coefficient (Wildman–Crippen LogP) is 2.39. The van der Waals surface area contributed by atoms with Crippen molar-refractivity contribution >= 4 is 5.96 Å². The molecule has 0 aromatic rings. The van der Waals surface area contributed by atoms with Crippen LogP contribution in [0.1, 0.15) is 40.0 Å². The van der Waals surface area contributed by atoms with Crippen LogP contribution in [0.3, 0.4) is 0 Å². The maximum atomic E-state index is 5.99. The highest BCUT2D eigenvalue weighted by molar-refractivity contribution is 5.80. The van der Waals surface area contributed by atoms with Crippen molar-refractivity contribution in [3.05, 3.63) is 11.6 Å². The summed E-state index contributed by atoms with van der Waals surface area (Å²) in [7, 11) is 0. The Morgan fingerprint density at radius 3 is 2.94 bits per heavy atom. The summed E-state index contributed by atoms with van der Waals surface area (Å²) < 4.78 is 0. The van der Waals surface area contributed by atoms with Crippen molar-refractivity contribution in [1.82, 2.24) is 4.90 Å². The van der Waals surface area contributed by atoms with E-state index < -0.39 is 0 Å². The van der Waals surface area contributed by atoms with Crippen LogP contribution in [0.5, 0.6) is 0 Å². The molecule has 17 heavy (non-hydrogen) atoms. The summed E-state index contributed by atoms with van der Waals surface area (Å²) >= 11 is 0. The Morgan fingerprint density at radius 1 is 1.53 bits per heavy atom. The average molecular weight is 235 g/mol. The van der Waals surface area contributed by atoms with E-state index in [4.69, 9.17) is 5.73 Å². The summed E-state index contributed by atoms with van der Waals surface area (Å²) in [6, 6.07) is 0.543. The van der Waals surface area contributed by atoms with E-state index in [1.165, 1.54) is 18.4 Å². The zero-order valence-electron chi connectivity index (χ0n) is 11.3. The van der Waals surface area contributed by atoms with Crippen LogP contribution in [-0.4, -0.2) is 30.0 Å². The molecule has 0 fully saturated rings. The van der Waals surface area contributed by atoms with Gasteiger partial charge >= 0.3 is 0 Å². The molecule has 3 atom stereocenters. The number of hydrogen-bond donors (Lipinski definition) is 1. The molecule has 0 bridgehead atoms. The number of nitrogens with zero attached hydrogens (tertiary/aromatic N) is 2. The molecular formula is C14H25N3. The molecule has 2 aliphatic rings. The Balaban J connectivity index is 2.05. The Bertz CT molecular complexity index is 332. The fourth-order valence-corrected chi connectivity index (χ4v) is 3.36. The van der Waals surface area contributed by atoms with Gasteiger partial charge in [0.05, 0.1) is 12.6 Å². The van der Waals surface area contributed by atoms with Crippen molar-refractivity contribution in [1.29, 1.82) is 0 Å². The van der Waals surface area contributed by atoms with E-state index in [1.807, 2.05) is 0 Å². The topological polar surface area (TPSA) is 41.6 Å². The van der Waals surface area contributed by atoms with Gasteiger partial charge < -0.3 is 10.6 Å². The van der Waals surface area contributed by atoms with Gasteiger partial charge in [0.15, 0.2) is 5.96 Å². The first kappa shape index (κ1) is 12.5. The summed E-state index contributed by atoms with van der Waals surface area (Å²) in [5, 5.41) is 0. The molecule has 2 rings (SSSR count). The quantitative estimate of drug-likeness (QED) is 0.763. The molecule has 3 heteroatoms. The van der Waals surface area contributed by atoms with E-state index in [1.54, 1.807) is 0 Å². The maximum absolute atomic E-state index is 5.99. The van der Waals surface area contributed by atoms with Crippen LogP contribution in [0.15, 0.2) is 16.6 Å². The van der Waals surface area contributed by atoms with E-state index in [0.29, 0.717) is 12.0 Å². The standard InChI is InChI=1S/C14H25N3/c1-4-5-17-13(9-16-14(17)15)12-7-10(2)6-11(3)8-12/h6,10,12-13H,4-5,7-9H2,1-3H3,(H2,15,16). The number of rotatable bonds is 3. The molecule has 3 unspecified atom stereocenters. The van der Waals surface area contributed by atoms with Crippen molar-refractivity contribution in [2.24, 2.45) is 22.6 Å². The fraction of sp³-hybridized carbons (Fsp3) is 0.786. The predicted molar refractivity (Wildman–Crippen MR) is 72.9 cm³/mol. The summed E-state index contributed by atoms with van der Waals surface area (Å²) in [6.07, 6.45) is 6.06. The minimum absolute atomic E-state index is 0.543.